The van der Waals surface area contributed by atoms with Gasteiger partial charge in [0.2, 0.25) is 0 Å². The number of anilines is 1. The van der Waals surface area contributed by atoms with E-state index in [0.717, 1.165) is 9.15 Å². The molecule has 1 aliphatic rings. The van der Waals surface area contributed by atoms with Crippen LogP contribution in [0.4, 0.5) is 19.0 Å². The van der Waals surface area contributed by atoms with Gasteiger partial charge in [-0.3, -0.25) is 4.79 Å². The largest absolute Gasteiger partial charge is 0.410 e. The first kappa shape index (κ1) is 21.0. The fourth-order valence-electron chi connectivity index (χ4n) is 3.03. The van der Waals surface area contributed by atoms with E-state index in [4.69, 9.17) is 11.6 Å². The number of hydrogen-bond donors (Lipinski definition) is 2. The molecule has 0 saturated carbocycles. The van der Waals surface area contributed by atoms with Gasteiger partial charge in [0.15, 0.2) is 11.7 Å². The SMILES string of the molecule is CC(C)CNC(=O)c1nn2c(c1Cl)N[C@H](c1ccc(Br)cc1)C[C@H]2C(F)(F)F. The van der Waals surface area contributed by atoms with Gasteiger partial charge in [-0.05, 0) is 23.6 Å². The highest BCUT2D eigenvalue weighted by Crippen LogP contribution is 2.46. The van der Waals surface area contributed by atoms with Gasteiger partial charge in [-0.15, -0.1) is 0 Å². The third kappa shape index (κ3) is 4.30. The lowest BCUT2D eigenvalue weighted by Gasteiger charge is -2.33. The summed E-state index contributed by atoms with van der Waals surface area (Å²) < 4.78 is 42.8. The van der Waals surface area contributed by atoms with Crippen molar-refractivity contribution in [3.63, 3.8) is 0 Å². The Hall–Kier alpha value is -1.74. The third-order valence-corrected chi connectivity index (χ3v) is 5.34. The van der Waals surface area contributed by atoms with Crippen LogP contribution < -0.4 is 10.6 Å². The lowest BCUT2D eigenvalue weighted by atomic mass is 9.97. The maximum atomic E-state index is 13.7. The van der Waals surface area contributed by atoms with Gasteiger partial charge in [0, 0.05) is 17.4 Å². The zero-order chi connectivity index (χ0) is 20.6. The molecule has 0 radical (unpaired) electrons. The summed E-state index contributed by atoms with van der Waals surface area (Å²) in [5.74, 6) is -0.413. The normalized spacial score (nSPS) is 19.3. The molecule has 28 heavy (non-hydrogen) atoms. The Morgan fingerprint density at radius 1 is 1.39 bits per heavy atom. The van der Waals surface area contributed by atoms with E-state index in [9.17, 15) is 18.0 Å². The van der Waals surface area contributed by atoms with Gasteiger partial charge in [0.1, 0.15) is 10.8 Å². The van der Waals surface area contributed by atoms with Crippen LogP contribution in [0.2, 0.25) is 5.02 Å². The second-order valence-electron chi connectivity index (χ2n) is 7.10. The Morgan fingerprint density at radius 2 is 2.04 bits per heavy atom. The van der Waals surface area contributed by atoms with E-state index in [1.807, 2.05) is 13.8 Å². The number of aromatic nitrogens is 2. The number of nitrogens with one attached hydrogen (secondary N) is 2. The lowest BCUT2D eigenvalue weighted by molar-refractivity contribution is -0.173. The number of carbonyl (C=O) groups excluding carboxylic acids is 1. The van der Waals surface area contributed by atoms with Crippen molar-refractivity contribution in [3.8, 4) is 0 Å². The Kier molecular flexibility index (Phi) is 5.95. The molecule has 1 aromatic carbocycles. The summed E-state index contributed by atoms with van der Waals surface area (Å²) in [5, 5.41) is 9.44. The van der Waals surface area contributed by atoms with Crippen LogP contribution >= 0.6 is 27.5 Å². The van der Waals surface area contributed by atoms with Crippen LogP contribution in [0.25, 0.3) is 0 Å². The lowest BCUT2D eigenvalue weighted by Crippen LogP contribution is -2.36. The van der Waals surface area contributed by atoms with Gasteiger partial charge in [-0.2, -0.15) is 18.3 Å². The summed E-state index contributed by atoms with van der Waals surface area (Å²) in [6.07, 6.45) is -4.80. The fraction of sp³-hybridized carbons (Fsp3) is 0.444. The predicted octanol–water partition coefficient (Wildman–Crippen LogP) is 5.35. The highest BCUT2D eigenvalue weighted by Gasteiger charge is 2.47. The summed E-state index contributed by atoms with van der Waals surface area (Å²) in [4.78, 5) is 12.3. The first-order chi connectivity index (χ1) is 13.1. The highest BCUT2D eigenvalue weighted by molar-refractivity contribution is 9.10. The van der Waals surface area contributed by atoms with Crippen molar-refractivity contribution in [2.45, 2.75) is 38.5 Å². The summed E-state index contributed by atoms with van der Waals surface area (Å²) in [6.45, 7) is 4.18. The quantitative estimate of drug-likeness (QED) is 0.622. The number of fused-ring (bicyclic) bond motifs is 1. The van der Waals surface area contributed by atoms with Crippen LogP contribution in [0.15, 0.2) is 28.7 Å². The number of hydrogen-bond acceptors (Lipinski definition) is 3. The molecule has 0 unspecified atom stereocenters. The Balaban J connectivity index is 1.98. The van der Waals surface area contributed by atoms with Crippen molar-refractivity contribution in [2.75, 3.05) is 11.9 Å². The molecule has 0 spiro atoms. The number of alkyl halides is 3. The van der Waals surface area contributed by atoms with Crippen molar-refractivity contribution < 1.29 is 18.0 Å². The third-order valence-electron chi connectivity index (χ3n) is 4.45. The summed E-state index contributed by atoms with van der Waals surface area (Å²) >= 11 is 9.58. The van der Waals surface area contributed by atoms with Crippen LogP contribution in [0.1, 0.15) is 48.4 Å². The van der Waals surface area contributed by atoms with E-state index in [-0.39, 0.29) is 28.9 Å². The Morgan fingerprint density at radius 3 is 2.61 bits per heavy atom. The summed E-state index contributed by atoms with van der Waals surface area (Å²) in [5.41, 5.74) is 0.474. The minimum Gasteiger partial charge on any atom is -0.362 e. The van der Waals surface area contributed by atoms with Gasteiger partial charge < -0.3 is 10.6 Å². The second-order valence-corrected chi connectivity index (χ2v) is 8.39. The van der Waals surface area contributed by atoms with Gasteiger partial charge >= 0.3 is 6.18 Å². The average Bonchev–Trinajstić information content (AvgIpc) is 2.95. The smallest absolute Gasteiger partial charge is 0.362 e. The molecule has 2 N–H and O–H groups in total. The molecule has 2 atom stereocenters. The molecule has 1 amide bonds. The second kappa shape index (κ2) is 7.94. The first-order valence-corrected chi connectivity index (χ1v) is 9.90. The van der Waals surface area contributed by atoms with Crippen molar-refractivity contribution >= 4 is 39.3 Å². The molecule has 3 rings (SSSR count). The van der Waals surface area contributed by atoms with Crippen molar-refractivity contribution in [1.82, 2.24) is 15.1 Å². The van der Waals surface area contributed by atoms with Crippen LogP contribution in [-0.2, 0) is 0 Å². The molecule has 152 valence electrons. The summed E-state index contributed by atoms with van der Waals surface area (Å²) in [6, 6.07) is 4.50. The Bertz CT molecular complexity index is 867. The zero-order valence-electron chi connectivity index (χ0n) is 15.1. The number of benzene rings is 1. The van der Waals surface area contributed by atoms with E-state index in [2.05, 4.69) is 31.7 Å². The van der Waals surface area contributed by atoms with Crippen LogP contribution in [0.5, 0.6) is 0 Å². The maximum absolute atomic E-state index is 13.7. The van der Waals surface area contributed by atoms with Crippen molar-refractivity contribution in [3.05, 3.63) is 45.0 Å². The zero-order valence-corrected chi connectivity index (χ0v) is 17.5. The molecule has 0 bridgehead atoms. The highest BCUT2D eigenvalue weighted by atomic mass is 79.9. The van der Waals surface area contributed by atoms with Gasteiger partial charge in [-0.25, -0.2) is 4.68 Å². The van der Waals surface area contributed by atoms with Crippen LogP contribution in [0, 0.1) is 5.92 Å². The van der Waals surface area contributed by atoms with Crippen LogP contribution in [0.3, 0.4) is 0 Å². The first-order valence-electron chi connectivity index (χ1n) is 8.72. The van der Waals surface area contributed by atoms with Gasteiger partial charge in [0.05, 0.1) is 6.04 Å². The molecule has 0 aliphatic carbocycles. The number of amides is 1. The molecule has 5 nitrogen and oxygen atoms in total. The van der Waals surface area contributed by atoms with Crippen LogP contribution in [-0.4, -0.2) is 28.4 Å². The number of rotatable bonds is 4. The molecule has 0 fully saturated rings. The molecule has 10 heteroatoms. The molecule has 2 aromatic rings. The van der Waals surface area contributed by atoms with E-state index in [0.29, 0.717) is 12.1 Å². The minimum atomic E-state index is -4.54. The number of halogens is 5. The van der Waals surface area contributed by atoms with E-state index >= 15 is 0 Å². The minimum absolute atomic E-state index is 0.00198. The van der Waals surface area contributed by atoms with Gasteiger partial charge in [0.25, 0.3) is 5.91 Å². The average molecular weight is 480 g/mol. The number of carbonyl (C=O) groups is 1. The van der Waals surface area contributed by atoms with Gasteiger partial charge in [-0.1, -0.05) is 53.5 Å². The molecule has 0 saturated heterocycles. The predicted molar refractivity (Wildman–Crippen MR) is 105 cm³/mol. The Labute approximate surface area is 173 Å². The number of nitrogens with zero attached hydrogens (tertiary/aromatic N) is 2. The molecular weight excluding hydrogens is 461 g/mol. The monoisotopic (exact) mass is 478 g/mol. The fourth-order valence-corrected chi connectivity index (χ4v) is 3.56. The maximum Gasteiger partial charge on any atom is 0.410 e. The molecule has 1 aliphatic heterocycles. The van der Waals surface area contributed by atoms with Crippen molar-refractivity contribution in [2.24, 2.45) is 5.92 Å². The van der Waals surface area contributed by atoms with Crippen molar-refractivity contribution in [1.29, 1.82) is 0 Å². The molecule has 2 heterocycles. The van der Waals surface area contributed by atoms with E-state index < -0.39 is 24.2 Å². The molecule has 1 aromatic heterocycles. The standard InChI is InChI=1S/C18H19BrClF3N4O/c1-9(2)8-24-17(28)15-14(20)16-25-12(10-3-5-11(19)6-4-10)7-13(18(21,22)23)27(16)26-15/h3-6,9,12-13,25H,7-8H2,1-2H3,(H,24,28)/t12-,13-/m0/s1. The topological polar surface area (TPSA) is 59.0 Å². The van der Waals surface area contributed by atoms with E-state index in [1.54, 1.807) is 24.3 Å². The van der Waals surface area contributed by atoms with E-state index in [1.165, 1.54) is 0 Å². The molecular formula is C18H19BrClF3N4O. The summed E-state index contributed by atoms with van der Waals surface area (Å²) in [7, 11) is 0.